The van der Waals surface area contributed by atoms with E-state index >= 15 is 0 Å². The van der Waals surface area contributed by atoms with Crippen LogP contribution in [0.15, 0.2) is 12.1 Å². The van der Waals surface area contributed by atoms with Gasteiger partial charge in [0.05, 0.1) is 11.1 Å². The number of benzene rings is 1. The summed E-state index contributed by atoms with van der Waals surface area (Å²) in [6, 6.07) is 1.21. The van der Waals surface area contributed by atoms with Crippen molar-refractivity contribution in [1.82, 2.24) is 9.97 Å². The number of fused-ring (bicyclic) bond motifs is 1. The highest BCUT2D eigenvalue weighted by Crippen LogP contribution is 2.31. The van der Waals surface area contributed by atoms with Crippen LogP contribution in [0.2, 0.25) is 0 Å². The molecule has 1 aromatic carbocycles. The maximum Gasteiger partial charge on any atom is 0.416 e. The second-order valence-corrected chi connectivity index (χ2v) is 2.70. The monoisotopic (exact) mass is 203 g/mol. The molecule has 0 fully saturated rings. The fraction of sp³-hybridized carbons (Fsp3) is 0.125. The Morgan fingerprint density at radius 2 is 2.00 bits per heavy atom. The average molecular weight is 203 g/mol. The van der Waals surface area contributed by atoms with Gasteiger partial charge in [-0.25, -0.2) is 9.37 Å². The molecule has 1 heterocycles. The third-order valence-corrected chi connectivity index (χ3v) is 1.75. The quantitative estimate of drug-likeness (QED) is 0.655. The molecule has 0 saturated carbocycles. The van der Waals surface area contributed by atoms with Crippen LogP contribution in [-0.2, 0) is 6.18 Å². The summed E-state index contributed by atoms with van der Waals surface area (Å²) < 4.78 is 49.6. The maximum absolute atomic E-state index is 13.0. The van der Waals surface area contributed by atoms with Gasteiger partial charge in [-0.05, 0) is 12.1 Å². The van der Waals surface area contributed by atoms with Gasteiger partial charge in [-0.3, -0.25) is 0 Å². The van der Waals surface area contributed by atoms with Crippen LogP contribution in [0.25, 0.3) is 11.0 Å². The van der Waals surface area contributed by atoms with Crippen LogP contribution in [0, 0.1) is 12.1 Å². The zero-order chi connectivity index (χ0) is 10.3. The molecule has 0 unspecified atom stereocenters. The van der Waals surface area contributed by atoms with Crippen molar-refractivity contribution in [3.63, 3.8) is 0 Å². The minimum absolute atomic E-state index is 0.0164. The number of H-pyrrole nitrogens is 1. The number of nitrogens with one attached hydrogen (secondary N) is 1. The second-order valence-electron chi connectivity index (χ2n) is 2.70. The first kappa shape index (κ1) is 8.98. The molecule has 14 heavy (non-hydrogen) atoms. The number of aromatic nitrogens is 2. The molecule has 0 bridgehead atoms. The molecule has 2 nitrogen and oxygen atoms in total. The predicted molar refractivity (Wildman–Crippen MR) is 39.9 cm³/mol. The molecule has 1 radical (unpaired) electrons. The highest BCUT2D eigenvalue weighted by Gasteiger charge is 2.31. The fourth-order valence-corrected chi connectivity index (χ4v) is 1.12. The minimum Gasteiger partial charge on any atom is -0.335 e. The number of rotatable bonds is 0. The molecule has 6 heteroatoms. The van der Waals surface area contributed by atoms with Gasteiger partial charge in [0.15, 0.2) is 12.1 Å². The number of hydrogen-bond acceptors (Lipinski definition) is 1. The molecular formula is C8H3F4N2. The third-order valence-electron chi connectivity index (χ3n) is 1.75. The van der Waals surface area contributed by atoms with Gasteiger partial charge in [-0.15, -0.1) is 0 Å². The normalized spacial score (nSPS) is 12.3. The second kappa shape index (κ2) is 2.70. The van der Waals surface area contributed by atoms with E-state index in [4.69, 9.17) is 0 Å². The van der Waals surface area contributed by atoms with Crippen molar-refractivity contribution < 1.29 is 17.6 Å². The van der Waals surface area contributed by atoms with Gasteiger partial charge in [-0.2, -0.15) is 13.2 Å². The Morgan fingerprint density at radius 1 is 1.29 bits per heavy atom. The summed E-state index contributed by atoms with van der Waals surface area (Å²) in [6.45, 7) is 0. The van der Waals surface area contributed by atoms with Gasteiger partial charge >= 0.3 is 6.18 Å². The molecule has 2 rings (SSSR count). The summed E-state index contributed by atoms with van der Waals surface area (Å²) in [4.78, 5) is 5.72. The van der Waals surface area contributed by atoms with Gasteiger partial charge in [-0.1, -0.05) is 0 Å². The summed E-state index contributed by atoms with van der Waals surface area (Å²) in [5, 5.41) is 0. The van der Waals surface area contributed by atoms with Crippen LogP contribution in [0.4, 0.5) is 17.6 Å². The van der Waals surface area contributed by atoms with Gasteiger partial charge in [0.2, 0.25) is 0 Å². The van der Waals surface area contributed by atoms with Crippen molar-refractivity contribution in [1.29, 1.82) is 0 Å². The number of alkyl halides is 3. The maximum atomic E-state index is 13.0. The van der Waals surface area contributed by atoms with E-state index in [0.29, 0.717) is 6.07 Å². The Hall–Kier alpha value is -1.59. The van der Waals surface area contributed by atoms with Crippen LogP contribution in [0.5, 0.6) is 0 Å². The Bertz CT molecular complexity index is 472. The fourth-order valence-electron chi connectivity index (χ4n) is 1.12. The Morgan fingerprint density at radius 3 is 2.64 bits per heavy atom. The van der Waals surface area contributed by atoms with Crippen LogP contribution in [0.1, 0.15) is 5.56 Å². The molecule has 1 aromatic heterocycles. The minimum atomic E-state index is -4.56. The topological polar surface area (TPSA) is 28.7 Å². The standard InChI is InChI=1S/C8H3F4N2/c9-5-1-4(8(10,11)12)2-6-7(5)14-3-13-6/h1-2H,(H,13,14). The zero-order valence-corrected chi connectivity index (χ0v) is 6.61. The lowest BCUT2D eigenvalue weighted by Crippen LogP contribution is -2.05. The van der Waals surface area contributed by atoms with E-state index in [1.807, 2.05) is 0 Å². The Labute approximate surface area is 75.6 Å². The van der Waals surface area contributed by atoms with Crippen LogP contribution in [-0.4, -0.2) is 9.97 Å². The van der Waals surface area contributed by atoms with Crippen LogP contribution >= 0.6 is 0 Å². The molecular weight excluding hydrogens is 200 g/mol. The first-order chi connectivity index (χ1) is 6.48. The lowest BCUT2D eigenvalue weighted by molar-refractivity contribution is -0.137. The number of nitrogens with zero attached hydrogens (tertiary/aromatic N) is 1. The van der Waals surface area contributed by atoms with E-state index in [9.17, 15) is 17.6 Å². The molecule has 73 valence electrons. The first-order valence-corrected chi connectivity index (χ1v) is 3.61. The van der Waals surface area contributed by atoms with E-state index in [1.54, 1.807) is 0 Å². The van der Waals surface area contributed by atoms with Gasteiger partial charge in [0.25, 0.3) is 0 Å². The molecule has 0 aliphatic carbocycles. The Balaban J connectivity index is 2.70. The number of hydrogen-bond donors (Lipinski definition) is 1. The number of imidazole rings is 1. The smallest absolute Gasteiger partial charge is 0.335 e. The van der Waals surface area contributed by atoms with Crippen LogP contribution < -0.4 is 0 Å². The zero-order valence-electron chi connectivity index (χ0n) is 6.61. The summed E-state index contributed by atoms with van der Waals surface area (Å²) in [6.07, 6.45) is -2.38. The lowest BCUT2D eigenvalue weighted by Gasteiger charge is -2.06. The highest BCUT2D eigenvalue weighted by molar-refractivity contribution is 5.75. The van der Waals surface area contributed by atoms with Gasteiger partial charge in [0.1, 0.15) is 5.52 Å². The first-order valence-electron chi connectivity index (χ1n) is 3.61. The molecule has 2 aromatic rings. The van der Waals surface area contributed by atoms with E-state index in [-0.39, 0.29) is 11.0 Å². The molecule has 0 amide bonds. The average Bonchev–Trinajstić information content (AvgIpc) is 2.50. The largest absolute Gasteiger partial charge is 0.416 e. The van der Waals surface area contributed by atoms with E-state index in [0.717, 1.165) is 6.07 Å². The molecule has 0 spiro atoms. The molecule has 0 aliphatic heterocycles. The van der Waals surface area contributed by atoms with Crippen LogP contribution in [0.3, 0.4) is 0 Å². The van der Waals surface area contributed by atoms with Crippen molar-refractivity contribution in [3.8, 4) is 0 Å². The lowest BCUT2D eigenvalue weighted by atomic mass is 10.2. The summed E-state index contributed by atoms with van der Waals surface area (Å²) in [5.74, 6) is -1.01. The van der Waals surface area contributed by atoms with E-state index in [1.165, 1.54) is 0 Å². The van der Waals surface area contributed by atoms with Crippen molar-refractivity contribution in [2.75, 3.05) is 0 Å². The van der Waals surface area contributed by atoms with Crippen molar-refractivity contribution >= 4 is 11.0 Å². The number of aromatic amines is 1. The predicted octanol–water partition coefficient (Wildman–Crippen LogP) is 2.52. The SMILES string of the molecule is Fc1cc(C(F)(F)F)cc2[nH][c]nc12. The van der Waals surface area contributed by atoms with Gasteiger partial charge < -0.3 is 4.98 Å². The number of halogens is 4. The van der Waals surface area contributed by atoms with Crippen molar-refractivity contribution in [2.45, 2.75) is 6.18 Å². The van der Waals surface area contributed by atoms with E-state index in [2.05, 4.69) is 16.3 Å². The van der Waals surface area contributed by atoms with E-state index < -0.39 is 17.6 Å². The summed E-state index contributed by atoms with van der Waals surface area (Å²) in [5.41, 5.74) is -1.20. The van der Waals surface area contributed by atoms with Gasteiger partial charge in [0, 0.05) is 0 Å². The summed E-state index contributed by atoms with van der Waals surface area (Å²) in [7, 11) is 0. The Kier molecular flexibility index (Phi) is 1.73. The van der Waals surface area contributed by atoms with Crippen molar-refractivity contribution in [3.05, 3.63) is 29.8 Å². The highest BCUT2D eigenvalue weighted by atomic mass is 19.4. The third kappa shape index (κ3) is 1.32. The molecule has 0 aliphatic rings. The summed E-state index contributed by atoms with van der Waals surface area (Å²) >= 11 is 0. The molecule has 1 N–H and O–H groups in total. The van der Waals surface area contributed by atoms with Crippen molar-refractivity contribution in [2.24, 2.45) is 0 Å². The molecule has 0 saturated heterocycles. The molecule has 0 atom stereocenters.